The van der Waals surface area contributed by atoms with E-state index in [1.807, 2.05) is 31.2 Å². The van der Waals surface area contributed by atoms with E-state index in [-0.39, 0.29) is 11.7 Å². The topological polar surface area (TPSA) is 51.2 Å². The van der Waals surface area contributed by atoms with E-state index < -0.39 is 0 Å². The molecule has 1 N–H and O–H groups in total. The number of pyridine rings is 1. The number of likely N-dealkylation sites (N-methyl/N-ethyl adjacent to an activating group) is 1. The third kappa shape index (κ3) is 6.12. The number of ether oxygens (including phenoxy) is 1. The highest BCUT2D eigenvalue weighted by Crippen LogP contribution is 2.26. The maximum Gasteiger partial charge on any atom is 0.251 e. The summed E-state index contributed by atoms with van der Waals surface area (Å²) < 4.78 is 19.5. The van der Waals surface area contributed by atoms with Crippen molar-refractivity contribution in [3.63, 3.8) is 0 Å². The fraction of sp³-hybridized carbons (Fsp3) is 0.250. The summed E-state index contributed by atoms with van der Waals surface area (Å²) in [6, 6.07) is 16.9. The number of benzene rings is 2. The first-order valence-corrected chi connectivity index (χ1v) is 9.81. The van der Waals surface area contributed by atoms with Crippen LogP contribution in [-0.2, 0) is 0 Å². The second kappa shape index (κ2) is 9.05. The van der Waals surface area contributed by atoms with Crippen molar-refractivity contribution in [1.29, 1.82) is 0 Å². The maximum atomic E-state index is 13.0. The fourth-order valence-corrected chi connectivity index (χ4v) is 2.89. The van der Waals surface area contributed by atoms with Gasteiger partial charge in [0.1, 0.15) is 17.3 Å². The molecule has 3 rings (SSSR count). The van der Waals surface area contributed by atoms with Crippen molar-refractivity contribution in [2.24, 2.45) is 0 Å². The van der Waals surface area contributed by atoms with Crippen LogP contribution in [-0.4, -0.2) is 49.6 Å². The zero-order chi connectivity index (χ0) is 21.7. The third-order valence-electron chi connectivity index (χ3n) is 4.48. The predicted molar refractivity (Wildman–Crippen MR) is 116 cm³/mol. The highest BCUT2D eigenvalue weighted by atomic mass is 19.1. The zero-order valence-corrected chi connectivity index (χ0v) is 17.8. The Morgan fingerprint density at radius 3 is 2.20 bits per heavy atom. The number of halogens is 1. The molecule has 0 saturated carbocycles. The van der Waals surface area contributed by atoms with Gasteiger partial charge in [0.2, 0.25) is 0 Å². The molecule has 156 valence electrons. The molecule has 0 bridgehead atoms. The largest absolute Gasteiger partial charge is 0.457 e. The lowest BCUT2D eigenvalue weighted by Gasteiger charge is -2.23. The monoisotopic (exact) mass is 408 g/mol. The van der Waals surface area contributed by atoms with Crippen LogP contribution in [0.25, 0.3) is 11.3 Å². The van der Waals surface area contributed by atoms with Crippen molar-refractivity contribution in [1.82, 2.24) is 10.3 Å². The van der Waals surface area contributed by atoms with Crippen molar-refractivity contribution in [3.05, 3.63) is 77.7 Å². The van der Waals surface area contributed by atoms with Gasteiger partial charge < -0.3 is 14.5 Å². The number of hydrogen-bond donors (Lipinski definition) is 1. The number of rotatable bonds is 7. The Labute approximate surface area is 176 Å². The number of carbonyl (C=O) groups is 1. The minimum absolute atomic E-state index is 0.105. The van der Waals surface area contributed by atoms with Crippen LogP contribution in [0.5, 0.6) is 11.5 Å². The summed E-state index contributed by atoms with van der Waals surface area (Å²) >= 11 is 0. The van der Waals surface area contributed by atoms with Crippen LogP contribution in [0.4, 0.5) is 4.39 Å². The standard InChI is InChI=1S/C24H26FN3O2/c1-17-15-19(24(29)26-13-14-28(2,3)4)16-23(27-17)18-5-9-21(10-6-18)30-22-11-7-20(25)8-12-22/h5-12,15-16H,13-14H2,1-4H3/p+1. The summed E-state index contributed by atoms with van der Waals surface area (Å²) in [5.74, 6) is 0.786. The van der Waals surface area contributed by atoms with Gasteiger partial charge in [0.05, 0.1) is 39.9 Å². The van der Waals surface area contributed by atoms with Gasteiger partial charge in [-0.2, -0.15) is 0 Å². The molecule has 3 aromatic rings. The molecular formula is C24H27FN3O2+. The lowest BCUT2D eigenvalue weighted by molar-refractivity contribution is -0.869. The van der Waals surface area contributed by atoms with Gasteiger partial charge in [-0.15, -0.1) is 0 Å². The van der Waals surface area contributed by atoms with Gasteiger partial charge in [-0.05, 0) is 67.6 Å². The van der Waals surface area contributed by atoms with Crippen LogP contribution in [0.3, 0.4) is 0 Å². The molecule has 0 aliphatic rings. The van der Waals surface area contributed by atoms with E-state index in [4.69, 9.17) is 4.74 Å². The highest BCUT2D eigenvalue weighted by molar-refractivity contribution is 5.95. The molecule has 0 spiro atoms. The van der Waals surface area contributed by atoms with Crippen LogP contribution < -0.4 is 10.1 Å². The summed E-state index contributed by atoms with van der Waals surface area (Å²) in [4.78, 5) is 17.1. The van der Waals surface area contributed by atoms with Crippen LogP contribution >= 0.6 is 0 Å². The Hall–Kier alpha value is -3.25. The van der Waals surface area contributed by atoms with Crippen LogP contribution in [0.1, 0.15) is 16.1 Å². The van der Waals surface area contributed by atoms with Crippen molar-refractivity contribution >= 4 is 5.91 Å². The minimum atomic E-state index is -0.305. The normalized spacial score (nSPS) is 11.2. The lowest BCUT2D eigenvalue weighted by atomic mass is 10.1. The molecule has 0 unspecified atom stereocenters. The summed E-state index contributed by atoms with van der Waals surface area (Å²) in [6.45, 7) is 3.32. The summed E-state index contributed by atoms with van der Waals surface area (Å²) in [5, 5.41) is 2.97. The number of carbonyl (C=O) groups excluding carboxylic acids is 1. The SMILES string of the molecule is Cc1cc(C(=O)NCC[N+](C)(C)C)cc(-c2ccc(Oc3ccc(F)cc3)cc2)n1. The van der Waals surface area contributed by atoms with E-state index in [1.54, 1.807) is 24.3 Å². The molecule has 0 aliphatic carbocycles. The lowest BCUT2D eigenvalue weighted by Crippen LogP contribution is -2.41. The predicted octanol–water partition coefficient (Wildman–Crippen LogP) is 4.42. The zero-order valence-electron chi connectivity index (χ0n) is 17.8. The molecule has 1 aromatic heterocycles. The summed E-state index contributed by atoms with van der Waals surface area (Å²) in [7, 11) is 6.26. The smallest absolute Gasteiger partial charge is 0.251 e. The number of quaternary nitrogens is 1. The van der Waals surface area contributed by atoms with E-state index in [2.05, 4.69) is 31.4 Å². The van der Waals surface area contributed by atoms with Gasteiger partial charge in [-0.25, -0.2) is 4.39 Å². The van der Waals surface area contributed by atoms with Gasteiger partial charge in [0, 0.05) is 16.8 Å². The molecular weight excluding hydrogens is 381 g/mol. The van der Waals surface area contributed by atoms with Crippen LogP contribution in [0.2, 0.25) is 0 Å². The summed E-state index contributed by atoms with van der Waals surface area (Å²) in [5.41, 5.74) is 2.96. The van der Waals surface area contributed by atoms with E-state index in [9.17, 15) is 9.18 Å². The molecule has 0 saturated heterocycles. The molecule has 0 aliphatic heterocycles. The second-order valence-corrected chi connectivity index (χ2v) is 8.23. The van der Waals surface area contributed by atoms with Gasteiger partial charge in [0.15, 0.2) is 0 Å². The van der Waals surface area contributed by atoms with E-state index >= 15 is 0 Å². The molecule has 1 amide bonds. The van der Waals surface area contributed by atoms with Crippen molar-refractivity contribution < 1.29 is 18.4 Å². The summed E-state index contributed by atoms with van der Waals surface area (Å²) in [6.07, 6.45) is 0. The number of hydrogen-bond acceptors (Lipinski definition) is 3. The molecule has 0 fully saturated rings. The molecule has 6 heteroatoms. The van der Waals surface area contributed by atoms with Gasteiger partial charge in [-0.3, -0.25) is 9.78 Å². The fourth-order valence-electron chi connectivity index (χ4n) is 2.89. The molecule has 5 nitrogen and oxygen atoms in total. The van der Waals surface area contributed by atoms with Gasteiger partial charge in [0.25, 0.3) is 5.91 Å². The Morgan fingerprint density at radius 1 is 1.00 bits per heavy atom. The first kappa shape index (κ1) is 21.5. The van der Waals surface area contributed by atoms with Crippen LogP contribution in [0.15, 0.2) is 60.7 Å². The number of aryl methyl sites for hydroxylation is 1. The van der Waals surface area contributed by atoms with Crippen molar-refractivity contribution in [2.45, 2.75) is 6.92 Å². The van der Waals surface area contributed by atoms with Crippen molar-refractivity contribution in [3.8, 4) is 22.8 Å². The van der Waals surface area contributed by atoms with Crippen molar-refractivity contribution in [2.75, 3.05) is 34.2 Å². The first-order chi connectivity index (χ1) is 14.2. The first-order valence-electron chi connectivity index (χ1n) is 9.81. The number of amides is 1. The maximum absolute atomic E-state index is 13.0. The Balaban J connectivity index is 1.72. The average molecular weight is 408 g/mol. The molecule has 0 atom stereocenters. The minimum Gasteiger partial charge on any atom is -0.457 e. The number of nitrogens with zero attached hydrogens (tertiary/aromatic N) is 2. The number of aromatic nitrogens is 1. The average Bonchev–Trinajstić information content (AvgIpc) is 2.69. The van der Waals surface area contributed by atoms with E-state index in [0.717, 1.165) is 28.0 Å². The quantitative estimate of drug-likeness (QED) is 0.589. The second-order valence-electron chi connectivity index (χ2n) is 8.23. The van der Waals surface area contributed by atoms with Crippen LogP contribution in [0, 0.1) is 12.7 Å². The molecule has 0 radical (unpaired) electrons. The third-order valence-corrected chi connectivity index (χ3v) is 4.48. The Kier molecular flexibility index (Phi) is 6.47. The molecule has 30 heavy (non-hydrogen) atoms. The molecule has 2 aromatic carbocycles. The molecule has 1 heterocycles. The number of nitrogens with one attached hydrogen (secondary N) is 1. The highest BCUT2D eigenvalue weighted by Gasteiger charge is 2.12. The van der Waals surface area contributed by atoms with E-state index in [1.165, 1.54) is 12.1 Å². The Bertz CT molecular complexity index is 1010. The van der Waals surface area contributed by atoms with Gasteiger partial charge >= 0.3 is 0 Å². The van der Waals surface area contributed by atoms with E-state index in [0.29, 0.717) is 23.6 Å². The Morgan fingerprint density at radius 2 is 1.60 bits per heavy atom. The van der Waals surface area contributed by atoms with Gasteiger partial charge in [-0.1, -0.05) is 0 Å².